The second kappa shape index (κ2) is 8.08. The lowest BCUT2D eigenvalue weighted by molar-refractivity contribution is 0.0948. The highest BCUT2D eigenvalue weighted by atomic mass is 16.6. The van der Waals surface area contributed by atoms with E-state index < -0.39 is 5.91 Å². The van der Waals surface area contributed by atoms with Crippen molar-refractivity contribution in [3.05, 3.63) is 41.7 Å². The van der Waals surface area contributed by atoms with Gasteiger partial charge < -0.3 is 11.1 Å². The molecule has 0 spiro atoms. The molecule has 3 rings (SSSR count). The number of para-hydroxylation sites is 1. The minimum Gasteiger partial charge on any atom is -0.379 e. The number of aromatic nitrogens is 5. The van der Waals surface area contributed by atoms with Crippen LogP contribution in [0.3, 0.4) is 0 Å². The average Bonchev–Trinajstić information content (AvgIpc) is 3.30. The number of hydrogen-bond acceptors (Lipinski definition) is 9. The summed E-state index contributed by atoms with van der Waals surface area (Å²) in [5, 5.41) is 22.4. The van der Waals surface area contributed by atoms with E-state index in [1.54, 1.807) is 0 Å². The van der Waals surface area contributed by atoms with Gasteiger partial charge in [-0.05, 0) is 35.8 Å². The second-order valence-electron chi connectivity index (χ2n) is 5.63. The number of nitrogens with zero attached hydrogens (tertiary/aromatic N) is 6. The van der Waals surface area contributed by atoms with Crippen LogP contribution in [-0.2, 0) is 6.54 Å². The first-order valence-electron chi connectivity index (χ1n) is 8.25. The number of nitrogen functional groups attached to an aromatic ring is 1. The molecule has 0 unspecified atom stereocenters. The van der Waals surface area contributed by atoms with Gasteiger partial charge in [0.2, 0.25) is 11.6 Å². The molecule has 11 nitrogen and oxygen atoms in total. The monoisotopic (exact) mass is 369 g/mol. The van der Waals surface area contributed by atoms with Crippen molar-refractivity contribution in [3.63, 3.8) is 0 Å². The van der Waals surface area contributed by atoms with E-state index in [1.807, 2.05) is 44.2 Å². The standard InChI is InChI=1S/C16H19N9O2/c1-3-10(2)19-21-16(26)13-12(9-18-11-7-5-4-6-8-11)25(24-20-13)15-14(17)22-27-23-15/h4-8,18H,3,9H2,1-2H3,(H2,17,22)(H,21,26). The van der Waals surface area contributed by atoms with Gasteiger partial charge in [0.05, 0.1) is 12.2 Å². The minimum atomic E-state index is -0.492. The molecule has 3 aromatic rings. The number of nitrogens with two attached hydrogens (primary N) is 1. The third-order valence-corrected chi connectivity index (χ3v) is 3.77. The van der Waals surface area contributed by atoms with E-state index in [4.69, 9.17) is 5.73 Å². The largest absolute Gasteiger partial charge is 0.379 e. The molecule has 11 heteroatoms. The molecular weight excluding hydrogens is 350 g/mol. The Morgan fingerprint density at radius 1 is 1.30 bits per heavy atom. The van der Waals surface area contributed by atoms with Crippen LogP contribution in [0.25, 0.3) is 5.82 Å². The van der Waals surface area contributed by atoms with Crippen LogP contribution in [-0.4, -0.2) is 36.9 Å². The van der Waals surface area contributed by atoms with Crippen molar-refractivity contribution >= 4 is 23.1 Å². The summed E-state index contributed by atoms with van der Waals surface area (Å²) in [7, 11) is 0. The Bertz CT molecular complexity index is 946. The molecule has 140 valence electrons. The van der Waals surface area contributed by atoms with E-state index in [-0.39, 0.29) is 23.9 Å². The van der Waals surface area contributed by atoms with Crippen LogP contribution >= 0.6 is 0 Å². The lowest BCUT2D eigenvalue weighted by Gasteiger charge is -2.08. The van der Waals surface area contributed by atoms with Gasteiger partial charge in [-0.2, -0.15) is 9.78 Å². The molecule has 0 aliphatic rings. The van der Waals surface area contributed by atoms with E-state index in [1.165, 1.54) is 4.68 Å². The Labute approximate surface area is 154 Å². The lowest BCUT2D eigenvalue weighted by atomic mass is 10.2. The fraction of sp³-hybridized carbons (Fsp3) is 0.250. The molecule has 2 aromatic heterocycles. The second-order valence-corrected chi connectivity index (χ2v) is 5.63. The van der Waals surface area contributed by atoms with E-state index in [0.29, 0.717) is 5.69 Å². The summed E-state index contributed by atoms with van der Waals surface area (Å²) < 4.78 is 5.94. The molecule has 1 aromatic carbocycles. The van der Waals surface area contributed by atoms with Crippen molar-refractivity contribution < 1.29 is 9.42 Å². The first-order valence-corrected chi connectivity index (χ1v) is 8.25. The summed E-state index contributed by atoms with van der Waals surface area (Å²) in [6.45, 7) is 4.00. The maximum Gasteiger partial charge on any atom is 0.293 e. The van der Waals surface area contributed by atoms with Gasteiger partial charge in [-0.15, -0.1) is 5.10 Å². The third-order valence-electron chi connectivity index (χ3n) is 3.77. The van der Waals surface area contributed by atoms with Gasteiger partial charge >= 0.3 is 0 Å². The summed E-state index contributed by atoms with van der Waals surface area (Å²) in [5.41, 5.74) is 10.4. The van der Waals surface area contributed by atoms with Crippen molar-refractivity contribution in [3.8, 4) is 5.82 Å². The van der Waals surface area contributed by atoms with Gasteiger partial charge in [-0.25, -0.2) is 10.1 Å². The summed E-state index contributed by atoms with van der Waals surface area (Å²) >= 11 is 0. The van der Waals surface area contributed by atoms with Crippen LogP contribution in [0, 0.1) is 0 Å². The molecule has 0 saturated heterocycles. The van der Waals surface area contributed by atoms with Crippen LogP contribution in [0.2, 0.25) is 0 Å². The molecule has 0 fully saturated rings. The van der Waals surface area contributed by atoms with Crippen LogP contribution in [0.15, 0.2) is 40.1 Å². The highest BCUT2D eigenvalue weighted by Crippen LogP contribution is 2.17. The van der Waals surface area contributed by atoms with Crippen LogP contribution in [0.5, 0.6) is 0 Å². The molecular formula is C16H19N9O2. The maximum atomic E-state index is 12.5. The van der Waals surface area contributed by atoms with E-state index >= 15 is 0 Å². The normalized spacial score (nSPS) is 11.4. The van der Waals surface area contributed by atoms with Crippen molar-refractivity contribution in [2.24, 2.45) is 5.10 Å². The fourth-order valence-electron chi connectivity index (χ4n) is 2.16. The van der Waals surface area contributed by atoms with Gasteiger partial charge in [-0.1, -0.05) is 30.3 Å². The van der Waals surface area contributed by atoms with E-state index in [2.05, 4.69) is 41.1 Å². The fourth-order valence-corrected chi connectivity index (χ4v) is 2.16. The van der Waals surface area contributed by atoms with Gasteiger partial charge in [0.25, 0.3) is 5.91 Å². The topological polar surface area (TPSA) is 149 Å². The SMILES string of the molecule is CCC(C)=NNC(=O)c1nnn(-c2nonc2N)c1CNc1ccccc1. The zero-order chi connectivity index (χ0) is 19.2. The Morgan fingerprint density at radius 2 is 2.07 bits per heavy atom. The van der Waals surface area contributed by atoms with Crippen LogP contribution in [0.4, 0.5) is 11.5 Å². The third kappa shape index (κ3) is 4.08. The predicted octanol–water partition coefficient (Wildman–Crippen LogP) is 1.36. The molecule has 0 aliphatic carbocycles. The molecule has 1 amide bonds. The van der Waals surface area contributed by atoms with Gasteiger partial charge in [0.15, 0.2) is 5.69 Å². The lowest BCUT2D eigenvalue weighted by Crippen LogP contribution is -2.22. The highest BCUT2D eigenvalue weighted by Gasteiger charge is 2.23. The number of carbonyl (C=O) groups excluding carboxylic acids is 1. The zero-order valence-electron chi connectivity index (χ0n) is 14.9. The van der Waals surface area contributed by atoms with Gasteiger partial charge in [-0.3, -0.25) is 4.79 Å². The molecule has 0 radical (unpaired) electrons. The average molecular weight is 369 g/mol. The summed E-state index contributed by atoms with van der Waals surface area (Å²) in [5.74, 6) is -0.304. The number of benzene rings is 1. The molecule has 27 heavy (non-hydrogen) atoms. The molecule has 0 aliphatic heterocycles. The molecule has 4 N–H and O–H groups in total. The number of rotatable bonds is 7. The highest BCUT2D eigenvalue weighted by molar-refractivity contribution is 5.94. The summed E-state index contributed by atoms with van der Waals surface area (Å²) in [6, 6.07) is 9.50. The van der Waals surface area contributed by atoms with Crippen molar-refractivity contribution in [2.75, 3.05) is 11.1 Å². The zero-order valence-corrected chi connectivity index (χ0v) is 14.9. The Balaban J connectivity index is 1.92. The van der Waals surface area contributed by atoms with E-state index in [9.17, 15) is 4.79 Å². The smallest absolute Gasteiger partial charge is 0.293 e. The molecule has 0 atom stereocenters. The van der Waals surface area contributed by atoms with Crippen molar-refractivity contribution in [1.82, 2.24) is 30.7 Å². The Morgan fingerprint density at radius 3 is 2.74 bits per heavy atom. The quantitative estimate of drug-likeness (QED) is 0.417. The van der Waals surface area contributed by atoms with Gasteiger partial charge in [0.1, 0.15) is 0 Å². The maximum absolute atomic E-state index is 12.5. The van der Waals surface area contributed by atoms with Crippen molar-refractivity contribution in [2.45, 2.75) is 26.8 Å². The summed E-state index contributed by atoms with van der Waals surface area (Å²) in [4.78, 5) is 12.5. The van der Waals surface area contributed by atoms with Gasteiger partial charge in [0, 0.05) is 11.4 Å². The number of carbonyl (C=O) groups is 1. The number of amides is 1. The van der Waals surface area contributed by atoms with E-state index in [0.717, 1.165) is 17.8 Å². The predicted molar refractivity (Wildman–Crippen MR) is 98.3 cm³/mol. The first-order chi connectivity index (χ1) is 13.1. The van der Waals surface area contributed by atoms with Crippen molar-refractivity contribution in [1.29, 1.82) is 0 Å². The molecule has 0 saturated carbocycles. The van der Waals surface area contributed by atoms with Crippen LogP contribution in [0.1, 0.15) is 36.5 Å². The minimum absolute atomic E-state index is 0.0349. The summed E-state index contributed by atoms with van der Waals surface area (Å²) in [6.07, 6.45) is 0.719. The molecule has 0 bridgehead atoms. The van der Waals surface area contributed by atoms with Crippen LogP contribution < -0.4 is 16.5 Å². The number of nitrogens with one attached hydrogen (secondary N) is 2. The Hall–Kier alpha value is -3.76. The number of hydrazone groups is 1. The first kappa shape index (κ1) is 18.0. The Kier molecular flexibility index (Phi) is 5.40. The molecule has 2 heterocycles. The number of anilines is 2. The number of hydrogen-bond donors (Lipinski definition) is 3.